The third-order valence-electron chi connectivity index (χ3n) is 2.23. The van der Waals surface area contributed by atoms with Crippen LogP contribution < -0.4 is 5.32 Å². The van der Waals surface area contributed by atoms with Crippen LogP contribution >= 0.6 is 27.3 Å². The number of rotatable bonds is 4. The van der Waals surface area contributed by atoms with E-state index >= 15 is 0 Å². The van der Waals surface area contributed by atoms with Crippen molar-refractivity contribution in [2.24, 2.45) is 0 Å². The number of halogens is 1. The van der Waals surface area contributed by atoms with Crippen LogP contribution in [0.1, 0.15) is 23.4 Å². The van der Waals surface area contributed by atoms with E-state index in [1.54, 1.807) is 23.9 Å². The van der Waals surface area contributed by atoms with E-state index in [9.17, 15) is 0 Å². The molecular weight excluding hydrogens is 274 g/mol. The molecule has 0 bridgehead atoms. The highest BCUT2D eigenvalue weighted by Crippen LogP contribution is 2.28. The predicted molar refractivity (Wildman–Crippen MR) is 66.0 cm³/mol. The Morgan fingerprint density at radius 2 is 2.40 bits per heavy atom. The molecule has 0 fully saturated rings. The molecule has 2 aromatic heterocycles. The first-order valence-corrected chi connectivity index (χ1v) is 6.42. The topological polar surface area (TPSA) is 25.2 Å². The van der Waals surface area contributed by atoms with Crippen LogP contribution in [0.3, 0.4) is 0 Å². The zero-order valence-corrected chi connectivity index (χ0v) is 10.8. The van der Waals surface area contributed by atoms with E-state index in [1.165, 1.54) is 14.9 Å². The van der Waals surface area contributed by atoms with Gasteiger partial charge in [0.15, 0.2) is 0 Å². The Bertz CT molecular complexity index is 410. The van der Waals surface area contributed by atoms with Gasteiger partial charge in [-0.15, -0.1) is 11.3 Å². The van der Waals surface area contributed by atoms with Crippen LogP contribution in [0.15, 0.2) is 38.9 Å². The molecule has 0 aliphatic carbocycles. The summed E-state index contributed by atoms with van der Waals surface area (Å²) in [4.78, 5) is 1.33. The molecule has 2 nitrogen and oxygen atoms in total. The normalized spacial score (nSPS) is 12.9. The lowest BCUT2D eigenvalue weighted by molar-refractivity contribution is 0.549. The van der Waals surface area contributed by atoms with Gasteiger partial charge in [0.05, 0.1) is 12.5 Å². The number of furan rings is 1. The van der Waals surface area contributed by atoms with Crippen molar-refractivity contribution < 1.29 is 4.42 Å². The summed E-state index contributed by atoms with van der Waals surface area (Å²) in [5, 5.41) is 5.54. The number of hydrogen-bond acceptors (Lipinski definition) is 3. The fourth-order valence-electron chi connectivity index (χ4n) is 1.37. The summed E-state index contributed by atoms with van der Waals surface area (Å²) in [7, 11) is 0. The third kappa shape index (κ3) is 2.71. The second-order valence-corrected chi connectivity index (χ2v) is 5.17. The summed E-state index contributed by atoms with van der Waals surface area (Å²) in [5.41, 5.74) is 1.18. The van der Waals surface area contributed by atoms with Gasteiger partial charge in [0.25, 0.3) is 0 Å². The Balaban J connectivity index is 1.93. The molecule has 4 heteroatoms. The summed E-state index contributed by atoms with van der Waals surface area (Å²) in [6.45, 7) is 3.00. The minimum Gasteiger partial charge on any atom is -0.472 e. The van der Waals surface area contributed by atoms with Crippen molar-refractivity contribution in [3.63, 3.8) is 0 Å². The molecule has 0 saturated heterocycles. The first kappa shape index (κ1) is 10.9. The van der Waals surface area contributed by atoms with E-state index in [0.717, 1.165) is 6.54 Å². The lowest BCUT2D eigenvalue weighted by Gasteiger charge is -2.11. The number of thiophene rings is 1. The van der Waals surface area contributed by atoms with Crippen LogP contribution in [0.25, 0.3) is 0 Å². The Labute approximate surface area is 101 Å². The monoisotopic (exact) mass is 285 g/mol. The van der Waals surface area contributed by atoms with Gasteiger partial charge in [-0.3, -0.25) is 0 Å². The van der Waals surface area contributed by atoms with Gasteiger partial charge in [-0.1, -0.05) is 0 Å². The molecule has 0 saturated carbocycles. The maximum atomic E-state index is 5.01. The van der Waals surface area contributed by atoms with Crippen LogP contribution in [-0.2, 0) is 6.54 Å². The average molecular weight is 286 g/mol. The highest BCUT2D eigenvalue weighted by atomic mass is 79.9. The van der Waals surface area contributed by atoms with E-state index in [2.05, 4.69) is 39.6 Å². The molecule has 1 atom stereocenters. The van der Waals surface area contributed by atoms with Crippen molar-refractivity contribution in [1.29, 1.82) is 0 Å². The van der Waals surface area contributed by atoms with Gasteiger partial charge < -0.3 is 9.73 Å². The quantitative estimate of drug-likeness (QED) is 0.920. The third-order valence-corrected chi connectivity index (χ3v) is 4.28. The maximum absolute atomic E-state index is 5.01. The van der Waals surface area contributed by atoms with Crippen molar-refractivity contribution in [2.75, 3.05) is 0 Å². The second kappa shape index (κ2) is 4.96. The number of hydrogen-bond donors (Lipinski definition) is 1. The van der Waals surface area contributed by atoms with Gasteiger partial charge in [0.1, 0.15) is 0 Å². The van der Waals surface area contributed by atoms with E-state index in [0.29, 0.717) is 6.04 Å². The van der Waals surface area contributed by atoms with E-state index in [-0.39, 0.29) is 0 Å². The Kier molecular flexibility index (Phi) is 3.61. The SMILES string of the molecule is CC(NCc1ccoc1)c1sccc1Br. The van der Waals surface area contributed by atoms with Crippen LogP contribution in [0, 0.1) is 0 Å². The molecular formula is C11H12BrNOS. The molecule has 2 heterocycles. The smallest absolute Gasteiger partial charge is 0.0947 e. The van der Waals surface area contributed by atoms with Crippen molar-refractivity contribution in [1.82, 2.24) is 5.32 Å². The van der Waals surface area contributed by atoms with Crippen molar-refractivity contribution in [3.05, 3.63) is 45.0 Å². The molecule has 0 aliphatic heterocycles. The van der Waals surface area contributed by atoms with E-state index in [4.69, 9.17) is 4.42 Å². The van der Waals surface area contributed by atoms with Gasteiger partial charge in [-0.2, -0.15) is 0 Å². The molecule has 1 unspecified atom stereocenters. The van der Waals surface area contributed by atoms with Gasteiger partial charge in [-0.05, 0) is 40.4 Å². The molecule has 1 N–H and O–H groups in total. The number of nitrogens with one attached hydrogen (secondary N) is 1. The minimum atomic E-state index is 0.356. The molecule has 80 valence electrons. The molecule has 0 spiro atoms. The molecule has 2 aromatic rings. The van der Waals surface area contributed by atoms with Gasteiger partial charge in [0, 0.05) is 27.5 Å². The second-order valence-electron chi connectivity index (χ2n) is 3.37. The zero-order chi connectivity index (χ0) is 10.7. The summed E-state index contributed by atoms with van der Waals surface area (Å²) in [6, 6.07) is 4.41. The van der Waals surface area contributed by atoms with Gasteiger partial charge >= 0.3 is 0 Å². The van der Waals surface area contributed by atoms with Crippen LogP contribution in [0.5, 0.6) is 0 Å². The molecule has 0 radical (unpaired) electrons. The average Bonchev–Trinajstić information content (AvgIpc) is 2.84. The molecule has 2 rings (SSSR count). The highest BCUT2D eigenvalue weighted by molar-refractivity contribution is 9.10. The summed E-state index contributed by atoms with van der Waals surface area (Å²) in [6.07, 6.45) is 3.46. The fraction of sp³-hybridized carbons (Fsp3) is 0.273. The van der Waals surface area contributed by atoms with Crippen molar-refractivity contribution >= 4 is 27.3 Å². The van der Waals surface area contributed by atoms with Crippen LogP contribution in [0.4, 0.5) is 0 Å². The van der Waals surface area contributed by atoms with E-state index in [1.807, 2.05) is 6.07 Å². The Morgan fingerprint density at radius 3 is 3.00 bits per heavy atom. The van der Waals surface area contributed by atoms with Crippen molar-refractivity contribution in [3.8, 4) is 0 Å². The lowest BCUT2D eigenvalue weighted by Crippen LogP contribution is -2.16. The van der Waals surface area contributed by atoms with Gasteiger partial charge in [-0.25, -0.2) is 0 Å². The highest BCUT2D eigenvalue weighted by Gasteiger charge is 2.10. The molecule has 15 heavy (non-hydrogen) atoms. The van der Waals surface area contributed by atoms with E-state index < -0.39 is 0 Å². The zero-order valence-electron chi connectivity index (χ0n) is 8.37. The Hall–Kier alpha value is -0.580. The van der Waals surface area contributed by atoms with Crippen LogP contribution in [-0.4, -0.2) is 0 Å². The standard InChI is InChI=1S/C11H12BrNOS/c1-8(11-10(12)3-5-15-11)13-6-9-2-4-14-7-9/h2-5,7-8,13H,6H2,1H3. The predicted octanol–water partition coefficient (Wildman–Crippen LogP) is 3.95. The molecule has 0 aliphatic rings. The molecule has 0 amide bonds. The largest absolute Gasteiger partial charge is 0.472 e. The minimum absolute atomic E-state index is 0.356. The van der Waals surface area contributed by atoms with Crippen LogP contribution in [0.2, 0.25) is 0 Å². The first-order valence-electron chi connectivity index (χ1n) is 4.74. The maximum Gasteiger partial charge on any atom is 0.0947 e. The van der Waals surface area contributed by atoms with Gasteiger partial charge in [0.2, 0.25) is 0 Å². The summed E-state index contributed by atoms with van der Waals surface area (Å²) >= 11 is 5.30. The Morgan fingerprint density at radius 1 is 1.53 bits per heavy atom. The molecule has 0 aromatic carbocycles. The summed E-state index contributed by atoms with van der Waals surface area (Å²) in [5.74, 6) is 0. The summed E-state index contributed by atoms with van der Waals surface area (Å²) < 4.78 is 6.19. The lowest BCUT2D eigenvalue weighted by atomic mass is 10.2. The first-order chi connectivity index (χ1) is 7.27. The fourth-order valence-corrected chi connectivity index (χ4v) is 3.12. The van der Waals surface area contributed by atoms with Crippen molar-refractivity contribution in [2.45, 2.75) is 19.5 Å².